The van der Waals surface area contributed by atoms with Gasteiger partial charge in [0, 0.05) is 24.7 Å². The maximum atomic E-state index is 13.0. The monoisotopic (exact) mass is 458 g/mol. The number of hydrogen-bond donors (Lipinski definition) is 0. The third-order valence-corrected chi connectivity index (χ3v) is 6.71. The Morgan fingerprint density at radius 2 is 1.65 bits per heavy atom. The molecule has 31 heavy (non-hydrogen) atoms. The number of carbonyl (C=O) groups excluding carboxylic acids is 1. The van der Waals surface area contributed by atoms with Crippen LogP contribution in [-0.4, -0.2) is 46.5 Å². The van der Waals surface area contributed by atoms with E-state index in [1.54, 1.807) is 67.7 Å². The molecule has 0 radical (unpaired) electrons. The lowest BCUT2D eigenvalue weighted by Crippen LogP contribution is -2.31. The van der Waals surface area contributed by atoms with Crippen LogP contribution in [0.3, 0.4) is 0 Å². The summed E-state index contributed by atoms with van der Waals surface area (Å²) in [6.45, 7) is 0.601. The fraction of sp³-hybridized carbons (Fsp3) is 0.174. The Labute approximate surface area is 187 Å². The van der Waals surface area contributed by atoms with Gasteiger partial charge >= 0.3 is 0 Å². The molecule has 0 aromatic heterocycles. The predicted octanol–water partition coefficient (Wildman–Crippen LogP) is 4.32. The first kappa shape index (κ1) is 22.7. The number of anilines is 1. The van der Waals surface area contributed by atoms with Crippen LogP contribution >= 0.6 is 11.6 Å². The summed E-state index contributed by atoms with van der Waals surface area (Å²) in [5.74, 6) is 0.319. The molecule has 0 atom stereocenters. The quantitative estimate of drug-likeness (QED) is 0.504. The fourth-order valence-corrected chi connectivity index (χ4v) is 4.33. The fourth-order valence-electron chi connectivity index (χ4n) is 2.90. The van der Waals surface area contributed by atoms with Crippen molar-refractivity contribution in [2.75, 3.05) is 31.6 Å². The van der Waals surface area contributed by atoms with E-state index in [0.29, 0.717) is 23.0 Å². The highest BCUT2D eigenvalue weighted by Crippen LogP contribution is 2.23. The van der Waals surface area contributed by atoms with Crippen molar-refractivity contribution in [1.29, 1.82) is 0 Å². The molecule has 0 aliphatic heterocycles. The summed E-state index contributed by atoms with van der Waals surface area (Å²) < 4.78 is 32.8. The summed E-state index contributed by atoms with van der Waals surface area (Å²) in [6, 6.07) is 21.8. The zero-order chi connectivity index (χ0) is 22.4. The average Bonchev–Trinajstić information content (AvgIpc) is 2.78. The van der Waals surface area contributed by atoms with Crippen molar-refractivity contribution in [3.63, 3.8) is 0 Å². The lowest BCUT2D eigenvalue weighted by Gasteiger charge is -2.21. The minimum atomic E-state index is -3.81. The standard InChI is InChI=1S/C23H23ClN2O4S/c1-25(14-15-30-21-12-7-9-19(24)17-21)23(27)18-8-6-13-22(16-18)31(28,29)26(2)20-10-4-3-5-11-20/h3-13,16-17H,14-15H2,1-2H3. The molecule has 3 aromatic carbocycles. The van der Waals surface area contributed by atoms with Crippen molar-refractivity contribution in [3.05, 3.63) is 89.4 Å². The number of likely N-dealkylation sites (N-methyl/N-ethyl adjacent to an activating group) is 1. The Hall–Kier alpha value is -3.03. The zero-order valence-corrected chi connectivity index (χ0v) is 18.8. The Kier molecular flexibility index (Phi) is 7.20. The number of carbonyl (C=O) groups is 1. The zero-order valence-electron chi connectivity index (χ0n) is 17.2. The Morgan fingerprint density at radius 3 is 2.35 bits per heavy atom. The number of sulfonamides is 1. The Balaban J connectivity index is 1.69. The van der Waals surface area contributed by atoms with Gasteiger partial charge in [-0.25, -0.2) is 8.42 Å². The maximum Gasteiger partial charge on any atom is 0.264 e. The van der Waals surface area contributed by atoms with Gasteiger partial charge in [-0.15, -0.1) is 0 Å². The second-order valence-electron chi connectivity index (χ2n) is 6.87. The molecule has 0 saturated carbocycles. The molecule has 0 saturated heterocycles. The molecule has 0 spiro atoms. The number of nitrogens with zero attached hydrogens (tertiary/aromatic N) is 2. The molecule has 0 fully saturated rings. The highest BCUT2D eigenvalue weighted by molar-refractivity contribution is 7.92. The molecule has 3 rings (SSSR count). The van der Waals surface area contributed by atoms with Crippen molar-refractivity contribution < 1.29 is 17.9 Å². The van der Waals surface area contributed by atoms with Gasteiger partial charge in [0.2, 0.25) is 0 Å². The molecule has 162 valence electrons. The van der Waals surface area contributed by atoms with E-state index in [2.05, 4.69) is 0 Å². The topological polar surface area (TPSA) is 66.9 Å². The van der Waals surface area contributed by atoms with Crippen molar-refractivity contribution in [1.82, 2.24) is 4.90 Å². The van der Waals surface area contributed by atoms with Crippen LogP contribution in [-0.2, 0) is 10.0 Å². The van der Waals surface area contributed by atoms with Crippen LogP contribution in [0.4, 0.5) is 5.69 Å². The van der Waals surface area contributed by atoms with E-state index >= 15 is 0 Å². The molecule has 0 unspecified atom stereocenters. The van der Waals surface area contributed by atoms with E-state index in [1.807, 2.05) is 6.07 Å². The number of rotatable bonds is 8. The SMILES string of the molecule is CN(CCOc1cccc(Cl)c1)C(=O)c1cccc(S(=O)(=O)N(C)c2ccccc2)c1. The predicted molar refractivity (Wildman–Crippen MR) is 122 cm³/mol. The molecular formula is C23H23ClN2O4S. The molecule has 6 nitrogen and oxygen atoms in total. The summed E-state index contributed by atoms with van der Waals surface area (Å²) in [6.07, 6.45) is 0. The molecule has 3 aromatic rings. The van der Waals surface area contributed by atoms with Crippen LogP contribution in [0.5, 0.6) is 5.75 Å². The van der Waals surface area contributed by atoms with Gasteiger partial charge in [-0.05, 0) is 48.5 Å². The van der Waals surface area contributed by atoms with Gasteiger partial charge in [-0.3, -0.25) is 9.10 Å². The van der Waals surface area contributed by atoms with Crippen LogP contribution in [0.1, 0.15) is 10.4 Å². The lowest BCUT2D eigenvalue weighted by atomic mass is 10.2. The number of para-hydroxylation sites is 1. The van der Waals surface area contributed by atoms with Crippen LogP contribution in [0, 0.1) is 0 Å². The highest BCUT2D eigenvalue weighted by Gasteiger charge is 2.23. The summed E-state index contributed by atoms with van der Waals surface area (Å²) in [7, 11) is -0.681. The number of ether oxygens (including phenoxy) is 1. The molecule has 0 N–H and O–H groups in total. The first-order valence-electron chi connectivity index (χ1n) is 9.57. The molecule has 0 heterocycles. The molecule has 0 aliphatic rings. The van der Waals surface area contributed by atoms with Gasteiger partial charge in [-0.2, -0.15) is 0 Å². The van der Waals surface area contributed by atoms with Gasteiger partial charge in [0.1, 0.15) is 12.4 Å². The first-order chi connectivity index (χ1) is 14.8. The van der Waals surface area contributed by atoms with Crippen molar-refractivity contribution in [2.24, 2.45) is 0 Å². The van der Waals surface area contributed by atoms with E-state index in [9.17, 15) is 13.2 Å². The Morgan fingerprint density at radius 1 is 0.935 bits per heavy atom. The normalized spacial score (nSPS) is 11.1. The van der Waals surface area contributed by atoms with Crippen LogP contribution < -0.4 is 9.04 Å². The summed E-state index contributed by atoms with van der Waals surface area (Å²) in [4.78, 5) is 14.3. The molecule has 8 heteroatoms. The second kappa shape index (κ2) is 9.85. The minimum Gasteiger partial charge on any atom is -0.492 e. The van der Waals surface area contributed by atoms with Crippen LogP contribution in [0.2, 0.25) is 5.02 Å². The van der Waals surface area contributed by atoms with E-state index in [4.69, 9.17) is 16.3 Å². The molecule has 1 amide bonds. The summed E-state index contributed by atoms with van der Waals surface area (Å²) >= 11 is 5.93. The first-order valence-corrected chi connectivity index (χ1v) is 11.4. The minimum absolute atomic E-state index is 0.0493. The van der Waals surface area contributed by atoms with Crippen molar-refractivity contribution in [2.45, 2.75) is 4.90 Å². The maximum absolute atomic E-state index is 13.0. The third kappa shape index (κ3) is 5.57. The summed E-state index contributed by atoms with van der Waals surface area (Å²) in [5, 5.41) is 0.570. The molecule has 0 bridgehead atoms. The van der Waals surface area contributed by atoms with Gasteiger partial charge in [0.15, 0.2) is 0 Å². The average molecular weight is 459 g/mol. The number of amides is 1. The second-order valence-corrected chi connectivity index (χ2v) is 9.27. The van der Waals surface area contributed by atoms with Crippen LogP contribution in [0.25, 0.3) is 0 Å². The van der Waals surface area contributed by atoms with E-state index in [-0.39, 0.29) is 23.0 Å². The largest absolute Gasteiger partial charge is 0.492 e. The van der Waals surface area contributed by atoms with Crippen molar-refractivity contribution >= 4 is 33.2 Å². The number of hydrogen-bond acceptors (Lipinski definition) is 4. The van der Waals surface area contributed by atoms with Gasteiger partial charge in [-0.1, -0.05) is 41.9 Å². The number of halogens is 1. The lowest BCUT2D eigenvalue weighted by molar-refractivity contribution is 0.0773. The highest BCUT2D eigenvalue weighted by atomic mass is 35.5. The summed E-state index contributed by atoms with van der Waals surface area (Å²) in [5.41, 5.74) is 0.822. The molecule has 0 aliphatic carbocycles. The van der Waals surface area contributed by atoms with E-state index in [1.165, 1.54) is 28.4 Å². The number of benzene rings is 3. The molecular weight excluding hydrogens is 436 g/mol. The van der Waals surface area contributed by atoms with E-state index < -0.39 is 10.0 Å². The smallest absolute Gasteiger partial charge is 0.264 e. The third-order valence-electron chi connectivity index (χ3n) is 4.70. The van der Waals surface area contributed by atoms with Crippen molar-refractivity contribution in [3.8, 4) is 5.75 Å². The Bertz CT molecular complexity index is 1150. The van der Waals surface area contributed by atoms with Gasteiger partial charge in [0.25, 0.3) is 15.9 Å². The van der Waals surface area contributed by atoms with Gasteiger partial charge < -0.3 is 9.64 Å². The van der Waals surface area contributed by atoms with Gasteiger partial charge in [0.05, 0.1) is 17.1 Å². The van der Waals surface area contributed by atoms with Crippen LogP contribution in [0.15, 0.2) is 83.8 Å². The van der Waals surface area contributed by atoms with E-state index in [0.717, 1.165) is 0 Å².